The third-order valence-corrected chi connectivity index (χ3v) is 3.05. The summed E-state index contributed by atoms with van der Waals surface area (Å²) < 4.78 is 0.894. The molecule has 6 heteroatoms. The highest BCUT2D eigenvalue weighted by Gasteiger charge is 2.33. The number of aliphatic hydroxyl groups excluding tert-OH is 1. The Morgan fingerprint density at radius 1 is 1.53 bits per heavy atom. The summed E-state index contributed by atoms with van der Waals surface area (Å²) in [7, 11) is 0. The van der Waals surface area contributed by atoms with Crippen LogP contribution in [0, 0.1) is 3.57 Å². The predicted molar refractivity (Wildman–Crippen MR) is 66.7 cm³/mol. The second kappa shape index (κ2) is 5.01. The van der Waals surface area contributed by atoms with Crippen LogP contribution in [0.2, 0.25) is 0 Å². The second-order valence-corrected chi connectivity index (χ2v) is 4.87. The van der Waals surface area contributed by atoms with Crippen molar-refractivity contribution in [1.82, 2.24) is 5.06 Å². The zero-order chi connectivity index (χ0) is 12.4. The van der Waals surface area contributed by atoms with Gasteiger partial charge in [-0.25, -0.2) is 4.79 Å². The fourth-order valence-electron chi connectivity index (χ4n) is 1.52. The lowest BCUT2D eigenvalue weighted by molar-refractivity contribution is -0.191. The number of benzene rings is 1. The third kappa shape index (κ3) is 2.75. The number of halogens is 1. The van der Waals surface area contributed by atoms with E-state index in [4.69, 9.17) is 4.84 Å². The van der Waals surface area contributed by atoms with Gasteiger partial charge in [-0.05, 0) is 40.8 Å². The van der Waals surface area contributed by atoms with E-state index in [0.717, 1.165) is 8.63 Å². The number of amides is 1. The Labute approximate surface area is 111 Å². The van der Waals surface area contributed by atoms with Crippen molar-refractivity contribution in [3.05, 3.63) is 33.4 Å². The maximum absolute atomic E-state index is 11.7. The first kappa shape index (κ1) is 12.3. The van der Waals surface area contributed by atoms with Crippen LogP contribution in [0.1, 0.15) is 23.2 Å². The van der Waals surface area contributed by atoms with E-state index in [-0.39, 0.29) is 12.3 Å². The van der Waals surface area contributed by atoms with Gasteiger partial charge in [0.15, 0.2) is 6.23 Å². The van der Waals surface area contributed by atoms with Crippen molar-refractivity contribution in [3.8, 4) is 0 Å². The summed E-state index contributed by atoms with van der Waals surface area (Å²) in [4.78, 5) is 27.9. The Balaban J connectivity index is 2.09. The first-order chi connectivity index (χ1) is 8.08. The smallest absolute Gasteiger partial charge is 0.363 e. The van der Waals surface area contributed by atoms with Crippen LogP contribution in [0.5, 0.6) is 0 Å². The molecule has 17 heavy (non-hydrogen) atoms. The molecule has 0 radical (unpaired) electrons. The van der Waals surface area contributed by atoms with Crippen molar-refractivity contribution >= 4 is 34.5 Å². The lowest BCUT2D eigenvalue weighted by Crippen LogP contribution is -2.35. The van der Waals surface area contributed by atoms with Crippen LogP contribution in [-0.4, -0.2) is 28.3 Å². The van der Waals surface area contributed by atoms with Gasteiger partial charge in [-0.1, -0.05) is 6.07 Å². The maximum Gasteiger partial charge on any atom is 0.363 e. The number of carbonyl (C=O) groups is 2. The summed E-state index contributed by atoms with van der Waals surface area (Å²) in [5, 5.41) is 10.2. The average molecular weight is 347 g/mol. The number of hydrogen-bond donors (Lipinski definition) is 1. The molecule has 1 fully saturated rings. The van der Waals surface area contributed by atoms with Crippen LogP contribution in [0.25, 0.3) is 0 Å². The molecule has 2 rings (SSSR count). The first-order valence-corrected chi connectivity index (χ1v) is 6.14. The monoisotopic (exact) mass is 347 g/mol. The summed E-state index contributed by atoms with van der Waals surface area (Å²) in [6.45, 7) is 0. The summed E-state index contributed by atoms with van der Waals surface area (Å²) >= 11 is 2.07. The van der Waals surface area contributed by atoms with Crippen LogP contribution in [0.4, 0.5) is 0 Å². The van der Waals surface area contributed by atoms with Crippen molar-refractivity contribution in [1.29, 1.82) is 0 Å². The molecule has 1 aliphatic heterocycles. The normalized spacial score (nSPS) is 19.5. The molecule has 0 bridgehead atoms. The molecule has 1 amide bonds. The maximum atomic E-state index is 11.7. The molecule has 1 heterocycles. The Hall–Kier alpha value is -1.15. The molecule has 1 saturated heterocycles. The highest BCUT2D eigenvalue weighted by atomic mass is 127. The zero-order valence-electron chi connectivity index (χ0n) is 8.80. The number of hydrogen-bond acceptors (Lipinski definition) is 4. The lowest BCUT2D eigenvalue weighted by Gasteiger charge is -2.18. The average Bonchev–Trinajstić information content (AvgIpc) is 2.61. The van der Waals surface area contributed by atoms with Crippen molar-refractivity contribution < 1.29 is 19.5 Å². The Morgan fingerprint density at radius 3 is 2.88 bits per heavy atom. The van der Waals surface area contributed by atoms with Gasteiger partial charge in [-0.3, -0.25) is 4.79 Å². The minimum atomic E-state index is -1.03. The fourth-order valence-corrected chi connectivity index (χ4v) is 2.06. The Kier molecular flexibility index (Phi) is 3.63. The number of hydroxylamine groups is 2. The van der Waals surface area contributed by atoms with Crippen LogP contribution in [0.3, 0.4) is 0 Å². The summed E-state index contributed by atoms with van der Waals surface area (Å²) in [6, 6.07) is 6.81. The topological polar surface area (TPSA) is 66.8 Å². The predicted octanol–water partition coefficient (Wildman–Crippen LogP) is 1.30. The molecule has 90 valence electrons. The van der Waals surface area contributed by atoms with E-state index >= 15 is 0 Å². The van der Waals surface area contributed by atoms with Crippen LogP contribution >= 0.6 is 22.6 Å². The SMILES string of the molecule is O=C(ON1C(=O)CCC1O)c1cccc(I)c1. The standard InChI is InChI=1S/C11H10INO4/c12-8-3-1-2-7(6-8)11(16)17-13-9(14)4-5-10(13)15/h1-3,6,9,14H,4-5H2. The largest absolute Gasteiger partial charge is 0.370 e. The summed E-state index contributed by atoms with van der Waals surface area (Å²) in [5.74, 6) is -1.02. The minimum Gasteiger partial charge on any atom is -0.370 e. The molecule has 1 atom stereocenters. The van der Waals surface area contributed by atoms with Crippen LogP contribution in [-0.2, 0) is 9.63 Å². The van der Waals surface area contributed by atoms with Gasteiger partial charge in [0.05, 0.1) is 5.56 Å². The van der Waals surface area contributed by atoms with E-state index in [0.29, 0.717) is 12.0 Å². The van der Waals surface area contributed by atoms with Gasteiger partial charge < -0.3 is 9.94 Å². The number of rotatable bonds is 2. The minimum absolute atomic E-state index is 0.195. The van der Waals surface area contributed by atoms with Gasteiger partial charge in [0.1, 0.15) is 0 Å². The van der Waals surface area contributed by atoms with Crippen molar-refractivity contribution in [2.75, 3.05) is 0 Å². The van der Waals surface area contributed by atoms with Gasteiger partial charge in [0.25, 0.3) is 5.91 Å². The lowest BCUT2D eigenvalue weighted by atomic mass is 10.2. The Bertz CT molecular complexity index is 463. The molecule has 1 aromatic carbocycles. The van der Waals surface area contributed by atoms with E-state index in [9.17, 15) is 14.7 Å². The molecule has 0 aromatic heterocycles. The first-order valence-electron chi connectivity index (χ1n) is 5.06. The van der Waals surface area contributed by atoms with Gasteiger partial charge in [-0.2, -0.15) is 0 Å². The quantitative estimate of drug-likeness (QED) is 0.820. The van der Waals surface area contributed by atoms with E-state index in [1.165, 1.54) is 0 Å². The highest BCUT2D eigenvalue weighted by molar-refractivity contribution is 14.1. The second-order valence-electron chi connectivity index (χ2n) is 3.63. The van der Waals surface area contributed by atoms with Crippen molar-refractivity contribution in [3.63, 3.8) is 0 Å². The molecule has 1 N–H and O–H groups in total. The van der Waals surface area contributed by atoms with E-state index < -0.39 is 12.2 Å². The highest BCUT2D eigenvalue weighted by Crippen LogP contribution is 2.18. The third-order valence-electron chi connectivity index (χ3n) is 2.37. The molecule has 1 aromatic rings. The van der Waals surface area contributed by atoms with Gasteiger partial charge >= 0.3 is 5.97 Å². The molecular formula is C11H10INO4. The Morgan fingerprint density at radius 2 is 2.29 bits per heavy atom. The molecule has 1 unspecified atom stereocenters. The van der Waals surface area contributed by atoms with E-state index in [1.54, 1.807) is 18.2 Å². The van der Waals surface area contributed by atoms with E-state index in [2.05, 4.69) is 22.6 Å². The zero-order valence-corrected chi connectivity index (χ0v) is 11.0. The van der Waals surface area contributed by atoms with Gasteiger partial charge in [-0.15, -0.1) is 5.06 Å². The van der Waals surface area contributed by atoms with Crippen LogP contribution < -0.4 is 0 Å². The van der Waals surface area contributed by atoms with Crippen molar-refractivity contribution in [2.24, 2.45) is 0 Å². The number of nitrogens with zero attached hydrogens (tertiary/aromatic N) is 1. The number of aliphatic hydroxyl groups is 1. The van der Waals surface area contributed by atoms with Crippen molar-refractivity contribution in [2.45, 2.75) is 19.1 Å². The van der Waals surface area contributed by atoms with Gasteiger partial charge in [0, 0.05) is 16.4 Å². The van der Waals surface area contributed by atoms with E-state index in [1.807, 2.05) is 6.07 Å². The summed E-state index contributed by atoms with van der Waals surface area (Å²) in [5.41, 5.74) is 0.351. The molecule has 5 nitrogen and oxygen atoms in total. The fraction of sp³-hybridized carbons (Fsp3) is 0.273. The number of carbonyl (C=O) groups excluding carboxylic acids is 2. The summed E-state index contributed by atoms with van der Waals surface area (Å²) in [6.07, 6.45) is -0.548. The van der Waals surface area contributed by atoms with Gasteiger partial charge in [0.2, 0.25) is 0 Å². The van der Waals surface area contributed by atoms with Crippen LogP contribution in [0.15, 0.2) is 24.3 Å². The molecule has 0 aliphatic carbocycles. The molecular weight excluding hydrogens is 337 g/mol. The molecule has 1 aliphatic rings. The molecule has 0 saturated carbocycles. The molecule has 0 spiro atoms.